The van der Waals surface area contributed by atoms with Gasteiger partial charge in [0, 0.05) is 11.6 Å². The van der Waals surface area contributed by atoms with Crippen LogP contribution < -0.4 is 11.2 Å². The third-order valence-electron chi connectivity index (χ3n) is 3.50. The first-order valence-corrected chi connectivity index (χ1v) is 8.64. The van der Waals surface area contributed by atoms with Gasteiger partial charge >= 0.3 is 0 Å². The molecule has 1 heterocycles. The number of rotatable bonds is 6. The number of nitrogens with two attached hydrogens (primary N) is 1. The van der Waals surface area contributed by atoms with E-state index in [-0.39, 0.29) is 17.7 Å². The number of hydrogen-bond acceptors (Lipinski definition) is 5. The van der Waals surface area contributed by atoms with E-state index in [1.54, 1.807) is 6.07 Å². The van der Waals surface area contributed by atoms with Crippen molar-refractivity contribution < 1.29 is 4.79 Å². The Morgan fingerprint density at radius 2 is 2.04 bits per heavy atom. The zero-order chi connectivity index (χ0) is 17.0. The van der Waals surface area contributed by atoms with E-state index in [4.69, 9.17) is 17.4 Å². The van der Waals surface area contributed by atoms with Crippen LogP contribution in [-0.4, -0.2) is 32.6 Å². The standard InChI is InChI=1S/C15H20ClN5OS/c1-9(2)10(3)18-13(22)8-23-15-20-19-14(21(15)17)11-6-4-5-7-12(11)16/h4-7,9-10H,8,17H2,1-3H3,(H,18,22)/t10-/m1/s1. The monoisotopic (exact) mass is 353 g/mol. The van der Waals surface area contributed by atoms with Gasteiger partial charge in [-0.2, -0.15) is 0 Å². The molecule has 23 heavy (non-hydrogen) atoms. The zero-order valence-electron chi connectivity index (χ0n) is 13.3. The van der Waals surface area contributed by atoms with Crippen LogP contribution in [0.5, 0.6) is 0 Å². The lowest BCUT2D eigenvalue weighted by atomic mass is 10.1. The van der Waals surface area contributed by atoms with Gasteiger partial charge in [0.05, 0.1) is 10.8 Å². The minimum absolute atomic E-state index is 0.0570. The summed E-state index contributed by atoms with van der Waals surface area (Å²) in [6, 6.07) is 7.39. The second-order valence-electron chi connectivity index (χ2n) is 5.54. The average molecular weight is 354 g/mol. The molecule has 0 aliphatic heterocycles. The van der Waals surface area contributed by atoms with Crippen LogP contribution in [0.15, 0.2) is 29.4 Å². The van der Waals surface area contributed by atoms with Crippen LogP contribution >= 0.6 is 23.4 Å². The van der Waals surface area contributed by atoms with E-state index in [1.165, 1.54) is 16.4 Å². The Bertz CT molecular complexity index is 688. The summed E-state index contributed by atoms with van der Waals surface area (Å²) < 4.78 is 1.35. The highest BCUT2D eigenvalue weighted by molar-refractivity contribution is 7.99. The van der Waals surface area contributed by atoms with Crippen LogP contribution in [0.3, 0.4) is 0 Å². The molecule has 0 aliphatic carbocycles. The molecule has 0 bridgehead atoms. The zero-order valence-corrected chi connectivity index (χ0v) is 14.9. The average Bonchev–Trinajstić information content (AvgIpc) is 2.86. The SMILES string of the molecule is CC(C)[C@@H](C)NC(=O)CSc1nnc(-c2ccccc2Cl)n1N. The number of nitrogens with zero attached hydrogens (tertiary/aromatic N) is 3. The molecule has 0 fully saturated rings. The molecule has 8 heteroatoms. The minimum Gasteiger partial charge on any atom is -0.353 e. The van der Waals surface area contributed by atoms with Gasteiger partial charge in [-0.3, -0.25) is 4.79 Å². The number of nitrogens with one attached hydrogen (secondary N) is 1. The number of benzene rings is 1. The summed E-state index contributed by atoms with van der Waals surface area (Å²) in [5.74, 6) is 7.04. The number of halogens is 1. The van der Waals surface area contributed by atoms with Crippen molar-refractivity contribution in [1.29, 1.82) is 0 Å². The fourth-order valence-corrected chi connectivity index (χ4v) is 2.68. The molecule has 0 spiro atoms. The number of thioether (sulfide) groups is 1. The van der Waals surface area contributed by atoms with E-state index in [0.717, 1.165) is 0 Å². The van der Waals surface area contributed by atoms with E-state index >= 15 is 0 Å². The van der Waals surface area contributed by atoms with Crippen molar-refractivity contribution in [1.82, 2.24) is 20.2 Å². The Morgan fingerprint density at radius 3 is 2.70 bits per heavy atom. The predicted octanol–water partition coefficient (Wildman–Crippen LogP) is 2.57. The van der Waals surface area contributed by atoms with Gasteiger partial charge in [-0.25, -0.2) is 4.68 Å². The van der Waals surface area contributed by atoms with Gasteiger partial charge in [-0.15, -0.1) is 10.2 Å². The van der Waals surface area contributed by atoms with Crippen LogP contribution in [0.4, 0.5) is 0 Å². The van der Waals surface area contributed by atoms with E-state index in [2.05, 4.69) is 29.4 Å². The van der Waals surface area contributed by atoms with Crippen molar-refractivity contribution in [3.05, 3.63) is 29.3 Å². The number of carbonyl (C=O) groups excluding carboxylic acids is 1. The Hall–Kier alpha value is -1.73. The van der Waals surface area contributed by atoms with Crippen molar-refractivity contribution >= 4 is 29.3 Å². The molecule has 3 N–H and O–H groups in total. The van der Waals surface area contributed by atoms with Crippen LogP contribution in [0, 0.1) is 5.92 Å². The van der Waals surface area contributed by atoms with Gasteiger partial charge < -0.3 is 11.2 Å². The summed E-state index contributed by atoms with van der Waals surface area (Å²) in [7, 11) is 0. The third kappa shape index (κ3) is 4.39. The van der Waals surface area contributed by atoms with Gasteiger partial charge in [-0.05, 0) is 25.0 Å². The van der Waals surface area contributed by atoms with E-state index in [9.17, 15) is 4.79 Å². The molecular formula is C15H20ClN5OS. The number of hydrogen-bond donors (Lipinski definition) is 2. The van der Waals surface area contributed by atoms with E-state index in [0.29, 0.717) is 27.5 Å². The van der Waals surface area contributed by atoms with Crippen molar-refractivity contribution in [3.8, 4) is 11.4 Å². The fraction of sp³-hybridized carbons (Fsp3) is 0.400. The highest BCUT2D eigenvalue weighted by Crippen LogP contribution is 2.27. The third-order valence-corrected chi connectivity index (χ3v) is 4.77. The summed E-state index contributed by atoms with van der Waals surface area (Å²) in [6.07, 6.45) is 0. The van der Waals surface area contributed by atoms with Crippen molar-refractivity contribution in [2.75, 3.05) is 11.6 Å². The summed E-state index contributed by atoms with van der Waals surface area (Å²) in [6.45, 7) is 6.10. The van der Waals surface area contributed by atoms with Crippen molar-refractivity contribution in [3.63, 3.8) is 0 Å². The lowest BCUT2D eigenvalue weighted by Gasteiger charge is -2.17. The molecule has 124 valence electrons. The first-order valence-electron chi connectivity index (χ1n) is 7.27. The lowest BCUT2D eigenvalue weighted by Crippen LogP contribution is -2.37. The van der Waals surface area contributed by atoms with Crippen LogP contribution in [0.1, 0.15) is 20.8 Å². The molecule has 0 saturated heterocycles. The Balaban J connectivity index is 2.03. The number of amides is 1. The Kier molecular flexibility index (Phi) is 5.90. The van der Waals surface area contributed by atoms with Crippen molar-refractivity contribution in [2.24, 2.45) is 5.92 Å². The summed E-state index contributed by atoms with van der Waals surface area (Å²) >= 11 is 7.39. The number of carbonyl (C=O) groups is 1. The summed E-state index contributed by atoms with van der Waals surface area (Å²) in [5.41, 5.74) is 0.703. The summed E-state index contributed by atoms with van der Waals surface area (Å²) in [5, 5.41) is 12.0. The minimum atomic E-state index is -0.0570. The van der Waals surface area contributed by atoms with Gasteiger partial charge in [0.15, 0.2) is 5.82 Å². The van der Waals surface area contributed by atoms with Gasteiger partial charge in [0.2, 0.25) is 11.1 Å². The second-order valence-corrected chi connectivity index (χ2v) is 6.89. The molecule has 1 aromatic carbocycles. The number of nitrogen functional groups attached to an aromatic ring is 1. The van der Waals surface area contributed by atoms with Gasteiger partial charge in [0.1, 0.15) is 0 Å². The largest absolute Gasteiger partial charge is 0.353 e. The second kappa shape index (κ2) is 7.70. The molecule has 1 amide bonds. The normalized spacial score (nSPS) is 12.4. The van der Waals surface area contributed by atoms with Crippen LogP contribution in [0.2, 0.25) is 5.02 Å². The molecule has 1 aromatic heterocycles. The predicted molar refractivity (Wildman–Crippen MR) is 93.8 cm³/mol. The highest BCUT2D eigenvalue weighted by Gasteiger charge is 2.16. The maximum absolute atomic E-state index is 11.9. The smallest absolute Gasteiger partial charge is 0.230 e. The maximum atomic E-state index is 11.9. The maximum Gasteiger partial charge on any atom is 0.230 e. The molecular weight excluding hydrogens is 334 g/mol. The van der Waals surface area contributed by atoms with Crippen molar-refractivity contribution in [2.45, 2.75) is 32.0 Å². The molecule has 2 aromatic rings. The van der Waals surface area contributed by atoms with Crippen LogP contribution in [0.25, 0.3) is 11.4 Å². The molecule has 0 saturated carbocycles. The first kappa shape index (κ1) is 17.6. The van der Waals surface area contributed by atoms with E-state index in [1.807, 2.05) is 25.1 Å². The topological polar surface area (TPSA) is 85.8 Å². The van der Waals surface area contributed by atoms with Gasteiger partial charge in [-0.1, -0.05) is 49.3 Å². The van der Waals surface area contributed by atoms with Gasteiger partial charge in [0.25, 0.3) is 0 Å². The fourth-order valence-electron chi connectivity index (χ4n) is 1.79. The molecule has 2 rings (SSSR count). The lowest BCUT2D eigenvalue weighted by molar-refractivity contribution is -0.119. The Labute approximate surface area is 144 Å². The highest BCUT2D eigenvalue weighted by atomic mass is 35.5. The molecule has 0 unspecified atom stereocenters. The molecule has 0 aliphatic rings. The van der Waals surface area contributed by atoms with E-state index < -0.39 is 0 Å². The first-order chi connectivity index (χ1) is 10.9. The quantitative estimate of drug-likeness (QED) is 0.615. The summed E-state index contributed by atoms with van der Waals surface area (Å²) in [4.78, 5) is 11.9. The Morgan fingerprint density at radius 1 is 1.35 bits per heavy atom. The molecule has 1 atom stereocenters. The molecule has 0 radical (unpaired) electrons. The molecule has 6 nitrogen and oxygen atoms in total. The number of aromatic nitrogens is 3. The van der Waals surface area contributed by atoms with Crippen LogP contribution in [-0.2, 0) is 4.79 Å².